The summed E-state index contributed by atoms with van der Waals surface area (Å²) in [5.74, 6) is 8.16. The van der Waals surface area contributed by atoms with Crippen LogP contribution >= 0.6 is 0 Å². The second kappa shape index (κ2) is 20.3. The third-order valence-corrected chi connectivity index (χ3v) is 9.36. The van der Waals surface area contributed by atoms with Gasteiger partial charge in [-0.2, -0.15) is 20.8 Å². The van der Waals surface area contributed by atoms with Crippen LogP contribution in [0.4, 0.5) is 0 Å². The van der Waals surface area contributed by atoms with Gasteiger partial charge in [-0.3, -0.25) is 0 Å². The Hall–Kier alpha value is 1.27. The number of hydrogen-bond acceptors (Lipinski definition) is 0. The van der Waals surface area contributed by atoms with E-state index in [1.165, 1.54) is 5.92 Å². The molecule has 0 amide bonds. The van der Waals surface area contributed by atoms with Crippen LogP contribution in [0.5, 0.6) is 0 Å². The van der Waals surface area contributed by atoms with E-state index in [2.05, 4.69) is 124 Å². The van der Waals surface area contributed by atoms with Crippen molar-refractivity contribution in [1.29, 1.82) is 0 Å². The van der Waals surface area contributed by atoms with E-state index in [0.717, 1.165) is 41.4 Å². The minimum absolute atomic E-state index is 0. The molecule has 33 heavy (non-hydrogen) atoms. The van der Waals surface area contributed by atoms with E-state index in [0.29, 0.717) is 16.7 Å². The molecule has 6 unspecified atom stereocenters. The molecule has 1 aliphatic carbocycles. The Balaban J connectivity index is -0.0000000820. The van der Waals surface area contributed by atoms with Gasteiger partial charge in [0.15, 0.2) is 0 Å². The van der Waals surface area contributed by atoms with Crippen molar-refractivity contribution in [3.63, 3.8) is 0 Å². The molecule has 1 radical (unpaired) electrons. The van der Waals surface area contributed by atoms with Crippen molar-refractivity contribution in [3.05, 3.63) is 12.3 Å². The van der Waals surface area contributed by atoms with Crippen LogP contribution in [0.1, 0.15) is 133 Å². The second-order valence-corrected chi connectivity index (χ2v) is 12.6. The van der Waals surface area contributed by atoms with Gasteiger partial charge in [-0.25, -0.2) is 0 Å². The molecule has 0 bridgehead atoms. The molecule has 0 saturated heterocycles. The van der Waals surface area contributed by atoms with E-state index in [1.54, 1.807) is 0 Å². The first kappa shape index (κ1) is 47.5. The molecule has 0 aromatic heterocycles. The molecule has 1 saturated carbocycles. The van der Waals surface area contributed by atoms with Crippen molar-refractivity contribution in [2.75, 3.05) is 0 Å². The topological polar surface area (TPSA) is 0 Å². The average molecular weight is 676 g/mol. The molecule has 1 fully saturated rings. The molecule has 2 heteroatoms. The molecule has 0 aromatic carbocycles. The van der Waals surface area contributed by atoms with E-state index in [1.807, 2.05) is 0 Å². The van der Waals surface area contributed by atoms with Crippen molar-refractivity contribution >= 4 is 0 Å². The molecule has 1 aliphatic rings. The normalized spacial score (nSPS) is 27.5. The largest absolute Gasteiger partial charge is 0.358 e. The molecule has 6 atom stereocenters. The van der Waals surface area contributed by atoms with Crippen LogP contribution in [0.2, 0.25) is 0 Å². The average Bonchev–Trinajstić information content (AvgIpc) is 2.62. The molecule has 205 valence electrons. The molecule has 0 N–H and O–H groups in total. The van der Waals surface area contributed by atoms with Crippen LogP contribution in [0.15, 0.2) is 0 Å². The second-order valence-electron chi connectivity index (χ2n) is 12.6. The third kappa shape index (κ3) is 15.9. The van der Waals surface area contributed by atoms with Gasteiger partial charge in [0.2, 0.25) is 0 Å². The van der Waals surface area contributed by atoms with Crippen molar-refractivity contribution in [1.82, 2.24) is 0 Å². The maximum Gasteiger partial charge on any atom is 0 e. The maximum absolute atomic E-state index is 2.45. The monoisotopic (exact) mass is 675 g/mol. The zero-order valence-electron chi connectivity index (χ0n) is 24.6. The summed E-state index contributed by atoms with van der Waals surface area (Å²) in [7, 11) is 0. The van der Waals surface area contributed by atoms with Gasteiger partial charge in [0.1, 0.15) is 0 Å². The molecule has 0 aliphatic heterocycles. The van der Waals surface area contributed by atoms with E-state index in [-0.39, 0.29) is 54.5 Å². The molecule has 0 spiro atoms. The first-order chi connectivity index (χ1) is 12.8. The summed E-state index contributed by atoms with van der Waals surface area (Å²) in [6.45, 7) is 39.5. The first-order valence-corrected chi connectivity index (χ1v) is 12.4. The first-order valence-electron chi connectivity index (χ1n) is 12.4. The van der Waals surface area contributed by atoms with E-state index in [4.69, 9.17) is 0 Å². The maximum atomic E-state index is 2.45. The fourth-order valence-corrected chi connectivity index (χ4v) is 4.49. The van der Waals surface area contributed by atoms with Crippen molar-refractivity contribution in [3.8, 4) is 0 Å². The molecule has 0 aromatic rings. The number of hydrogen-bond donors (Lipinski definition) is 0. The molecular formula is C31H68VW-2. The smallest absolute Gasteiger partial charge is 0 e. The molecule has 1 rings (SSSR count). The van der Waals surface area contributed by atoms with Gasteiger partial charge in [0.25, 0.3) is 0 Å². The van der Waals surface area contributed by atoms with Crippen LogP contribution < -0.4 is 0 Å². The van der Waals surface area contributed by atoms with E-state index < -0.39 is 0 Å². The Labute approximate surface area is 241 Å². The van der Waals surface area contributed by atoms with Gasteiger partial charge in [-0.1, -0.05) is 105 Å². The zero-order valence-corrected chi connectivity index (χ0v) is 28.9. The molecular weight excluding hydrogens is 607 g/mol. The fourth-order valence-electron chi connectivity index (χ4n) is 4.49. The predicted molar refractivity (Wildman–Crippen MR) is 150 cm³/mol. The van der Waals surface area contributed by atoms with Crippen LogP contribution in [-0.2, 0) is 39.6 Å². The zero-order chi connectivity index (χ0) is 23.9. The van der Waals surface area contributed by atoms with Gasteiger partial charge in [-0.05, 0) is 52.3 Å². The third-order valence-electron chi connectivity index (χ3n) is 9.36. The Morgan fingerprint density at radius 3 is 1.18 bits per heavy atom. The summed E-state index contributed by atoms with van der Waals surface area (Å²) < 4.78 is 0. The summed E-state index contributed by atoms with van der Waals surface area (Å²) in [4.78, 5) is 0. The van der Waals surface area contributed by atoms with Gasteiger partial charge >= 0.3 is 0 Å². The Kier molecular flexibility index (Phi) is 29.3. The van der Waals surface area contributed by atoms with Crippen LogP contribution in [0, 0.1) is 70.5 Å². The van der Waals surface area contributed by atoms with Crippen molar-refractivity contribution in [2.24, 2.45) is 58.2 Å². The van der Waals surface area contributed by atoms with Crippen molar-refractivity contribution in [2.45, 2.75) is 133 Å². The minimum Gasteiger partial charge on any atom is -0.358 e. The summed E-state index contributed by atoms with van der Waals surface area (Å²) >= 11 is 0. The van der Waals surface area contributed by atoms with E-state index >= 15 is 0 Å². The predicted octanol–water partition coefficient (Wildman–Crippen LogP) is 11.3. The molecule has 0 nitrogen and oxygen atoms in total. The summed E-state index contributed by atoms with van der Waals surface area (Å²) in [6.07, 6.45) is 2.20. The van der Waals surface area contributed by atoms with E-state index in [9.17, 15) is 0 Å². The van der Waals surface area contributed by atoms with Crippen LogP contribution in [0.3, 0.4) is 0 Å². The Morgan fingerprint density at radius 2 is 1.06 bits per heavy atom. The quantitative estimate of drug-likeness (QED) is 0.261. The Morgan fingerprint density at radius 1 is 0.758 bits per heavy atom. The minimum atomic E-state index is 0. The van der Waals surface area contributed by atoms with Gasteiger partial charge in [0.05, 0.1) is 0 Å². The van der Waals surface area contributed by atoms with Crippen LogP contribution in [-0.4, -0.2) is 0 Å². The van der Waals surface area contributed by atoms with Crippen LogP contribution in [0.25, 0.3) is 0 Å². The SMILES string of the molecule is C.C.CC(C)C(C)C(C)(C)C.CC1C(C)C(C)C(C)(C)C(C)C1C.C[CH-]C(C)[C-](C)C.[V].[W]. The fraction of sp³-hybridized carbons (Fsp3) is 0.935. The summed E-state index contributed by atoms with van der Waals surface area (Å²) in [5.41, 5.74) is 1.000. The Bertz CT molecular complexity index is 403. The van der Waals surface area contributed by atoms with Gasteiger partial charge < -0.3 is 18.3 Å². The standard InChI is InChI=1S/C13H26.C9H20.C7H14.2CH4.V.W/c1-8-9(2)11(4)13(6,7)12(5)10(8)3;1-7(2)8(3)9(4,5)6;1-5-7(4)6(2)3;;;;/h8-12H,1-7H3;7-8H,1-6H3;5,7H,1-4H3;2*1H4;;/q;;-2;;;;. The molecule has 0 heterocycles. The number of rotatable bonds is 3. The van der Waals surface area contributed by atoms with Crippen molar-refractivity contribution < 1.29 is 39.6 Å². The summed E-state index contributed by atoms with van der Waals surface area (Å²) in [5, 5.41) is 0. The van der Waals surface area contributed by atoms with Gasteiger partial charge in [-0.15, -0.1) is 6.92 Å². The van der Waals surface area contributed by atoms with Gasteiger partial charge in [0, 0.05) is 39.6 Å². The summed E-state index contributed by atoms with van der Waals surface area (Å²) in [6, 6.07) is 0.